The topological polar surface area (TPSA) is 61.2 Å². The molecule has 1 aliphatic heterocycles. The van der Waals surface area contributed by atoms with Gasteiger partial charge >= 0.3 is 0 Å². The van der Waals surface area contributed by atoms with Gasteiger partial charge in [-0.15, -0.1) is 0 Å². The number of benzene rings is 1. The number of sulfonamides is 1. The van der Waals surface area contributed by atoms with Crippen molar-refractivity contribution >= 4 is 10.0 Å². The van der Waals surface area contributed by atoms with Crippen LogP contribution in [0.3, 0.4) is 0 Å². The summed E-state index contributed by atoms with van der Waals surface area (Å²) >= 11 is 0. The molecule has 1 heterocycles. The van der Waals surface area contributed by atoms with Crippen molar-refractivity contribution in [2.75, 3.05) is 13.1 Å². The van der Waals surface area contributed by atoms with Crippen LogP contribution in [0.15, 0.2) is 23.1 Å². The molecule has 0 N–H and O–H groups in total. The highest BCUT2D eigenvalue weighted by Gasteiger charge is 2.28. The third kappa shape index (κ3) is 2.94. The van der Waals surface area contributed by atoms with Crippen LogP contribution in [0.4, 0.5) is 4.39 Å². The molecule has 102 valence electrons. The van der Waals surface area contributed by atoms with Gasteiger partial charge in [0.1, 0.15) is 16.8 Å². The van der Waals surface area contributed by atoms with E-state index in [9.17, 15) is 12.8 Å². The molecule has 0 bridgehead atoms. The van der Waals surface area contributed by atoms with E-state index in [-0.39, 0.29) is 10.5 Å². The number of hydrogen-bond donors (Lipinski definition) is 0. The molecule has 4 nitrogen and oxygen atoms in total. The Balaban J connectivity index is 2.44. The summed E-state index contributed by atoms with van der Waals surface area (Å²) in [7, 11) is -3.78. The van der Waals surface area contributed by atoms with E-state index in [0.29, 0.717) is 13.1 Å². The van der Waals surface area contributed by atoms with Gasteiger partial charge < -0.3 is 0 Å². The Labute approximate surface area is 112 Å². The van der Waals surface area contributed by atoms with Gasteiger partial charge in [-0.1, -0.05) is 12.8 Å². The lowest BCUT2D eigenvalue weighted by Gasteiger charge is -2.20. The van der Waals surface area contributed by atoms with Crippen LogP contribution in [0.2, 0.25) is 0 Å². The summed E-state index contributed by atoms with van der Waals surface area (Å²) in [5, 5.41) is 8.97. The first-order valence-corrected chi connectivity index (χ1v) is 7.69. The second-order valence-electron chi connectivity index (χ2n) is 4.57. The molecule has 2 rings (SSSR count). The third-order valence-corrected chi connectivity index (χ3v) is 5.19. The lowest BCUT2D eigenvalue weighted by molar-refractivity contribution is 0.423. The Bertz CT molecular complexity index is 600. The smallest absolute Gasteiger partial charge is 0.207 e. The molecule has 0 atom stereocenters. The Kier molecular flexibility index (Phi) is 4.17. The second-order valence-corrected chi connectivity index (χ2v) is 6.48. The van der Waals surface area contributed by atoms with Crippen molar-refractivity contribution in [3.8, 4) is 6.07 Å². The fraction of sp³-hybridized carbons (Fsp3) is 0.462. The molecule has 0 amide bonds. The SMILES string of the molecule is N#Cc1ccc(F)cc1S(=O)(=O)N1CCCCCC1. The van der Waals surface area contributed by atoms with Gasteiger partial charge in [-0.25, -0.2) is 12.8 Å². The summed E-state index contributed by atoms with van der Waals surface area (Å²) in [6.07, 6.45) is 3.60. The third-order valence-electron chi connectivity index (χ3n) is 3.25. The zero-order valence-corrected chi connectivity index (χ0v) is 11.3. The Morgan fingerprint density at radius 3 is 2.37 bits per heavy atom. The van der Waals surface area contributed by atoms with Crippen LogP contribution in [0.5, 0.6) is 0 Å². The molecule has 0 unspecified atom stereocenters. The van der Waals surface area contributed by atoms with E-state index in [1.54, 1.807) is 0 Å². The molecule has 0 saturated carbocycles. The number of halogens is 1. The molecule has 0 aliphatic carbocycles. The van der Waals surface area contributed by atoms with Crippen LogP contribution in [0, 0.1) is 17.1 Å². The minimum absolute atomic E-state index is 0.00866. The van der Waals surface area contributed by atoms with Crippen LogP contribution in [-0.4, -0.2) is 25.8 Å². The van der Waals surface area contributed by atoms with Crippen LogP contribution >= 0.6 is 0 Å². The first kappa shape index (κ1) is 14.0. The van der Waals surface area contributed by atoms with Crippen molar-refractivity contribution in [3.05, 3.63) is 29.6 Å². The van der Waals surface area contributed by atoms with Gasteiger partial charge in [0.05, 0.1) is 5.56 Å². The molecule has 1 aromatic rings. The quantitative estimate of drug-likeness (QED) is 0.836. The molecule has 1 aromatic carbocycles. The van der Waals surface area contributed by atoms with E-state index >= 15 is 0 Å². The highest BCUT2D eigenvalue weighted by molar-refractivity contribution is 7.89. The van der Waals surface area contributed by atoms with Crippen molar-refractivity contribution in [1.82, 2.24) is 4.31 Å². The van der Waals surface area contributed by atoms with Crippen LogP contribution in [-0.2, 0) is 10.0 Å². The summed E-state index contributed by atoms with van der Waals surface area (Å²) in [5.74, 6) is -0.646. The molecule has 1 aliphatic rings. The molecule has 6 heteroatoms. The summed E-state index contributed by atoms with van der Waals surface area (Å²) in [6.45, 7) is 0.868. The number of nitrogens with zero attached hydrogens (tertiary/aromatic N) is 2. The monoisotopic (exact) mass is 282 g/mol. The maximum Gasteiger partial charge on any atom is 0.244 e. The molecular formula is C13H15FN2O2S. The van der Waals surface area contributed by atoms with Gasteiger partial charge in [-0.2, -0.15) is 9.57 Å². The molecule has 1 saturated heterocycles. The van der Waals surface area contributed by atoms with Crippen LogP contribution in [0.25, 0.3) is 0 Å². The summed E-state index contributed by atoms with van der Waals surface area (Å²) in [4.78, 5) is -0.225. The largest absolute Gasteiger partial charge is 0.244 e. The molecule has 19 heavy (non-hydrogen) atoms. The lowest BCUT2D eigenvalue weighted by atomic mass is 10.2. The maximum atomic E-state index is 13.3. The normalized spacial score (nSPS) is 17.7. The van der Waals surface area contributed by atoms with E-state index in [2.05, 4.69) is 0 Å². The molecule has 0 spiro atoms. The van der Waals surface area contributed by atoms with E-state index in [0.717, 1.165) is 37.8 Å². The Hall–Kier alpha value is -1.45. The van der Waals surface area contributed by atoms with Gasteiger partial charge in [0.2, 0.25) is 10.0 Å². The zero-order chi connectivity index (χ0) is 13.9. The van der Waals surface area contributed by atoms with Crippen LogP contribution < -0.4 is 0 Å². The van der Waals surface area contributed by atoms with E-state index in [1.165, 1.54) is 10.4 Å². The average Bonchev–Trinajstić information content (AvgIpc) is 2.68. The van der Waals surface area contributed by atoms with Gasteiger partial charge in [-0.3, -0.25) is 0 Å². The van der Waals surface area contributed by atoms with Crippen molar-refractivity contribution < 1.29 is 12.8 Å². The van der Waals surface area contributed by atoms with Gasteiger partial charge in [0.15, 0.2) is 0 Å². The number of hydrogen-bond acceptors (Lipinski definition) is 3. The Morgan fingerprint density at radius 1 is 1.16 bits per heavy atom. The number of rotatable bonds is 2. The van der Waals surface area contributed by atoms with E-state index in [1.807, 2.05) is 6.07 Å². The predicted molar refractivity (Wildman–Crippen MR) is 68.3 cm³/mol. The van der Waals surface area contributed by atoms with Crippen LogP contribution in [0.1, 0.15) is 31.2 Å². The molecule has 0 aromatic heterocycles. The van der Waals surface area contributed by atoms with Crippen molar-refractivity contribution in [2.45, 2.75) is 30.6 Å². The lowest BCUT2D eigenvalue weighted by Crippen LogP contribution is -2.32. The summed E-state index contributed by atoms with van der Waals surface area (Å²) in [6, 6.07) is 5.05. The second kappa shape index (κ2) is 5.68. The fourth-order valence-electron chi connectivity index (χ4n) is 2.22. The molecule has 0 radical (unpaired) electrons. The first-order valence-electron chi connectivity index (χ1n) is 6.25. The minimum atomic E-state index is -3.78. The summed E-state index contributed by atoms with van der Waals surface area (Å²) < 4.78 is 39.6. The van der Waals surface area contributed by atoms with Gasteiger partial charge in [0, 0.05) is 13.1 Å². The standard InChI is InChI=1S/C13H15FN2O2S/c14-12-6-5-11(10-15)13(9-12)19(17,18)16-7-3-1-2-4-8-16/h5-6,9H,1-4,7-8H2. The minimum Gasteiger partial charge on any atom is -0.207 e. The van der Waals surface area contributed by atoms with Crippen molar-refractivity contribution in [1.29, 1.82) is 5.26 Å². The van der Waals surface area contributed by atoms with Gasteiger partial charge in [0.25, 0.3) is 0 Å². The van der Waals surface area contributed by atoms with Crippen molar-refractivity contribution in [2.24, 2.45) is 0 Å². The first-order chi connectivity index (χ1) is 9.05. The predicted octanol–water partition coefficient (Wildman–Crippen LogP) is 2.26. The fourth-order valence-corrected chi connectivity index (χ4v) is 3.89. The zero-order valence-electron chi connectivity index (χ0n) is 10.5. The van der Waals surface area contributed by atoms with E-state index < -0.39 is 15.8 Å². The Morgan fingerprint density at radius 2 is 1.79 bits per heavy atom. The molecular weight excluding hydrogens is 267 g/mol. The molecule has 1 fully saturated rings. The summed E-state index contributed by atoms with van der Waals surface area (Å²) in [5.41, 5.74) is -0.00866. The average molecular weight is 282 g/mol. The highest BCUT2D eigenvalue weighted by atomic mass is 32.2. The maximum absolute atomic E-state index is 13.3. The number of nitriles is 1. The highest BCUT2D eigenvalue weighted by Crippen LogP contribution is 2.23. The van der Waals surface area contributed by atoms with Gasteiger partial charge in [-0.05, 0) is 31.0 Å². The van der Waals surface area contributed by atoms with E-state index in [4.69, 9.17) is 5.26 Å². The van der Waals surface area contributed by atoms with Crippen molar-refractivity contribution in [3.63, 3.8) is 0 Å².